The van der Waals surface area contributed by atoms with E-state index in [4.69, 9.17) is 4.52 Å². The minimum atomic E-state index is -0.110. The lowest BCUT2D eigenvalue weighted by molar-refractivity contribution is -0.114. The number of likely N-dealkylation sites (tertiary alicyclic amines) is 1. The highest BCUT2D eigenvalue weighted by molar-refractivity contribution is 5.87. The molecule has 22 heavy (non-hydrogen) atoms. The average molecular weight is 304 g/mol. The molecule has 8 heteroatoms. The minimum absolute atomic E-state index is 0.110. The van der Waals surface area contributed by atoms with Crippen LogP contribution in [-0.2, 0) is 17.8 Å². The predicted octanol–water partition coefficient (Wildman–Crippen LogP) is 1.23. The Bertz CT molecular complexity index is 649. The number of rotatable bonds is 5. The lowest BCUT2D eigenvalue weighted by Gasteiger charge is -2.13. The third-order valence-corrected chi connectivity index (χ3v) is 3.72. The highest BCUT2D eigenvalue weighted by Crippen LogP contribution is 2.23. The van der Waals surface area contributed by atoms with E-state index in [1.807, 2.05) is 23.9 Å². The molecular weight excluding hydrogens is 284 g/mol. The molecule has 1 atom stereocenters. The Hall–Kier alpha value is -2.22. The molecule has 1 amide bonds. The van der Waals surface area contributed by atoms with Gasteiger partial charge in [0.1, 0.15) is 0 Å². The highest BCUT2D eigenvalue weighted by Gasteiger charge is 2.26. The second-order valence-corrected chi connectivity index (χ2v) is 5.50. The fraction of sp³-hybridized carbons (Fsp3) is 0.571. The van der Waals surface area contributed by atoms with Crippen LogP contribution in [0.2, 0.25) is 0 Å². The Balaban J connectivity index is 1.57. The number of nitrogens with zero attached hydrogens (tertiary/aromatic N) is 5. The molecule has 3 rings (SSSR count). The van der Waals surface area contributed by atoms with Gasteiger partial charge in [0.15, 0.2) is 11.6 Å². The Morgan fingerprint density at radius 3 is 3.14 bits per heavy atom. The lowest BCUT2D eigenvalue weighted by atomic mass is 10.3. The number of amides is 1. The molecule has 0 bridgehead atoms. The summed E-state index contributed by atoms with van der Waals surface area (Å²) in [5.74, 6) is 1.89. The van der Waals surface area contributed by atoms with Gasteiger partial charge in [-0.1, -0.05) is 12.1 Å². The fourth-order valence-electron chi connectivity index (χ4n) is 2.65. The van der Waals surface area contributed by atoms with Gasteiger partial charge in [0, 0.05) is 38.7 Å². The van der Waals surface area contributed by atoms with Crippen LogP contribution in [0.3, 0.4) is 0 Å². The van der Waals surface area contributed by atoms with Crippen LogP contribution in [0.15, 0.2) is 16.8 Å². The molecule has 0 saturated carbocycles. The normalized spacial score (nSPS) is 18.7. The third-order valence-electron chi connectivity index (χ3n) is 3.72. The van der Waals surface area contributed by atoms with E-state index in [9.17, 15) is 4.79 Å². The van der Waals surface area contributed by atoms with Gasteiger partial charge in [0.2, 0.25) is 11.8 Å². The summed E-state index contributed by atoms with van der Waals surface area (Å²) >= 11 is 0. The third kappa shape index (κ3) is 3.33. The van der Waals surface area contributed by atoms with E-state index in [2.05, 4.69) is 25.5 Å². The number of carbonyl (C=O) groups is 1. The lowest BCUT2D eigenvalue weighted by Crippen LogP contribution is -2.21. The number of hydrogen-bond donors (Lipinski definition) is 1. The second-order valence-electron chi connectivity index (χ2n) is 5.50. The second kappa shape index (κ2) is 6.27. The maximum Gasteiger partial charge on any atom is 0.240 e. The number of aromatic nitrogens is 4. The molecule has 0 aromatic carbocycles. The summed E-state index contributed by atoms with van der Waals surface area (Å²) in [5.41, 5.74) is 0. The van der Waals surface area contributed by atoms with Gasteiger partial charge in [-0.2, -0.15) is 10.1 Å². The molecule has 0 spiro atoms. The van der Waals surface area contributed by atoms with Gasteiger partial charge in [0.25, 0.3) is 0 Å². The van der Waals surface area contributed by atoms with Crippen LogP contribution >= 0.6 is 0 Å². The van der Waals surface area contributed by atoms with Gasteiger partial charge < -0.3 is 9.84 Å². The van der Waals surface area contributed by atoms with E-state index in [1.54, 1.807) is 0 Å². The van der Waals surface area contributed by atoms with Crippen LogP contribution in [0.25, 0.3) is 0 Å². The monoisotopic (exact) mass is 304 g/mol. The van der Waals surface area contributed by atoms with Crippen molar-refractivity contribution < 1.29 is 9.32 Å². The Labute approximate surface area is 128 Å². The summed E-state index contributed by atoms with van der Waals surface area (Å²) in [4.78, 5) is 17.6. The molecule has 2 aromatic heterocycles. The van der Waals surface area contributed by atoms with Gasteiger partial charge in [-0.25, -0.2) is 0 Å². The highest BCUT2D eigenvalue weighted by atomic mass is 16.5. The molecule has 1 fully saturated rings. The molecule has 1 saturated heterocycles. The van der Waals surface area contributed by atoms with E-state index in [0.29, 0.717) is 24.3 Å². The minimum Gasteiger partial charge on any atom is -0.338 e. The van der Waals surface area contributed by atoms with Crippen LogP contribution in [0, 0.1) is 0 Å². The first-order valence-corrected chi connectivity index (χ1v) is 7.50. The van der Waals surface area contributed by atoms with E-state index in [0.717, 1.165) is 31.8 Å². The average Bonchev–Trinajstić information content (AvgIpc) is 3.18. The number of hydrogen-bond acceptors (Lipinski definition) is 6. The van der Waals surface area contributed by atoms with Crippen molar-refractivity contribution in [3.8, 4) is 0 Å². The first kappa shape index (κ1) is 14.7. The summed E-state index contributed by atoms with van der Waals surface area (Å²) in [5, 5.41) is 11.0. The molecule has 0 unspecified atom stereocenters. The van der Waals surface area contributed by atoms with Gasteiger partial charge in [-0.15, -0.1) is 0 Å². The summed E-state index contributed by atoms with van der Waals surface area (Å²) < 4.78 is 7.15. The van der Waals surface area contributed by atoms with Gasteiger partial charge in [-0.05, 0) is 6.42 Å². The van der Waals surface area contributed by atoms with Crippen LogP contribution in [-0.4, -0.2) is 43.8 Å². The molecule has 0 aliphatic carbocycles. The van der Waals surface area contributed by atoms with Crippen molar-refractivity contribution in [3.63, 3.8) is 0 Å². The summed E-state index contributed by atoms with van der Waals surface area (Å²) in [6.07, 6.45) is 3.70. The van der Waals surface area contributed by atoms with Crippen molar-refractivity contribution >= 4 is 11.7 Å². The van der Waals surface area contributed by atoms with Crippen LogP contribution < -0.4 is 5.32 Å². The molecular formula is C14H20N6O2. The Morgan fingerprint density at radius 1 is 1.55 bits per heavy atom. The van der Waals surface area contributed by atoms with Crippen LogP contribution in [0.5, 0.6) is 0 Å². The number of carbonyl (C=O) groups excluding carboxylic acids is 1. The van der Waals surface area contributed by atoms with Crippen LogP contribution in [0.1, 0.15) is 38.0 Å². The zero-order chi connectivity index (χ0) is 15.5. The summed E-state index contributed by atoms with van der Waals surface area (Å²) in [6.45, 7) is 5.99. The van der Waals surface area contributed by atoms with E-state index in [1.165, 1.54) is 6.92 Å². The maximum atomic E-state index is 11.0. The van der Waals surface area contributed by atoms with Gasteiger partial charge in [0.05, 0.1) is 12.6 Å². The van der Waals surface area contributed by atoms with Crippen molar-refractivity contribution in [1.29, 1.82) is 0 Å². The van der Waals surface area contributed by atoms with E-state index < -0.39 is 0 Å². The summed E-state index contributed by atoms with van der Waals surface area (Å²) in [7, 11) is 0. The van der Waals surface area contributed by atoms with Crippen molar-refractivity contribution in [2.45, 2.75) is 39.3 Å². The van der Waals surface area contributed by atoms with Crippen molar-refractivity contribution in [2.75, 3.05) is 18.4 Å². The zero-order valence-electron chi connectivity index (χ0n) is 12.8. The predicted molar refractivity (Wildman–Crippen MR) is 79.1 cm³/mol. The van der Waals surface area contributed by atoms with Crippen LogP contribution in [0.4, 0.5) is 5.82 Å². The Morgan fingerprint density at radius 2 is 2.41 bits per heavy atom. The molecule has 8 nitrogen and oxygen atoms in total. The molecule has 118 valence electrons. The summed E-state index contributed by atoms with van der Waals surface area (Å²) in [6, 6.07) is 2.12. The fourth-order valence-corrected chi connectivity index (χ4v) is 2.65. The number of anilines is 1. The number of nitrogens with one attached hydrogen (secondary N) is 1. The smallest absolute Gasteiger partial charge is 0.240 e. The first-order chi connectivity index (χ1) is 10.6. The maximum absolute atomic E-state index is 11.0. The van der Waals surface area contributed by atoms with Gasteiger partial charge in [-0.3, -0.25) is 14.4 Å². The first-order valence-electron chi connectivity index (χ1n) is 7.50. The van der Waals surface area contributed by atoms with E-state index in [-0.39, 0.29) is 5.91 Å². The van der Waals surface area contributed by atoms with Gasteiger partial charge >= 0.3 is 0 Å². The largest absolute Gasteiger partial charge is 0.338 e. The molecule has 1 aliphatic rings. The van der Waals surface area contributed by atoms with Crippen molar-refractivity contribution in [3.05, 3.63) is 24.0 Å². The SMILES string of the molecule is CCc1noc(CN2CC[C@H](n3ccc(NC(C)=O)n3)C2)n1. The molecule has 1 aliphatic heterocycles. The van der Waals surface area contributed by atoms with Crippen molar-refractivity contribution in [1.82, 2.24) is 24.8 Å². The number of aryl methyl sites for hydroxylation is 1. The standard InChI is InChI=1S/C14H20N6O2/c1-3-12-16-14(22-18-12)9-19-6-4-11(8-19)20-7-5-13(17-20)15-10(2)21/h5,7,11H,3-4,6,8-9H2,1-2H3,(H,15,17,21)/t11-/m0/s1. The van der Waals surface area contributed by atoms with E-state index >= 15 is 0 Å². The molecule has 3 heterocycles. The molecule has 2 aromatic rings. The molecule has 0 radical (unpaired) electrons. The zero-order valence-corrected chi connectivity index (χ0v) is 12.8. The Kier molecular flexibility index (Phi) is 4.19. The quantitative estimate of drug-likeness (QED) is 0.894. The molecule has 1 N–H and O–H groups in total. The van der Waals surface area contributed by atoms with Crippen molar-refractivity contribution in [2.24, 2.45) is 0 Å². The topological polar surface area (TPSA) is 89.1 Å².